The number of aromatic nitrogens is 2. The van der Waals surface area contributed by atoms with Crippen LogP contribution in [0.5, 0.6) is 0 Å². The van der Waals surface area contributed by atoms with Gasteiger partial charge in [-0.2, -0.15) is 5.10 Å². The predicted octanol–water partition coefficient (Wildman–Crippen LogP) is 1.91. The van der Waals surface area contributed by atoms with Gasteiger partial charge in [0.05, 0.1) is 11.8 Å². The molecule has 0 aromatic carbocycles. The Labute approximate surface area is 84.7 Å². The first-order valence-electron chi connectivity index (χ1n) is 5.42. The Morgan fingerprint density at radius 1 is 1.71 bits per heavy atom. The molecule has 0 spiro atoms. The van der Waals surface area contributed by atoms with E-state index in [1.54, 1.807) is 0 Å². The SMILES string of the molecule is CCn1cc(C2(O)CCCC2C)cn1. The van der Waals surface area contributed by atoms with Gasteiger partial charge in [-0.1, -0.05) is 6.92 Å². The van der Waals surface area contributed by atoms with Crippen molar-refractivity contribution in [2.45, 2.75) is 45.3 Å². The fraction of sp³-hybridized carbons (Fsp3) is 0.727. The van der Waals surface area contributed by atoms with E-state index in [9.17, 15) is 5.11 Å². The molecular weight excluding hydrogens is 176 g/mol. The quantitative estimate of drug-likeness (QED) is 0.781. The highest BCUT2D eigenvalue weighted by atomic mass is 16.3. The van der Waals surface area contributed by atoms with Crippen molar-refractivity contribution in [2.75, 3.05) is 0 Å². The minimum Gasteiger partial charge on any atom is -0.385 e. The fourth-order valence-corrected chi connectivity index (χ4v) is 2.35. The van der Waals surface area contributed by atoms with E-state index < -0.39 is 5.60 Å². The zero-order valence-corrected chi connectivity index (χ0v) is 8.90. The van der Waals surface area contributed by atoms with Crippen LogP contribution in [-0.2, 0) is 12.1 Å². The maximum Gasteiger partial charge on any atom is 0.0952 e. The van der Waals surface area contributed by atoms with Gasteiger partial charge in [-0.25, -0.2) is 0 Å². The Morgan fingerprint density at radius 2 is 2.50 bits per heavy atom. The molecule has 3 nitrogen and oxygen atoms in total. The highest BCUT2D eigenvalue weighted by molar-refractivity contribution is 5.18. The standard InChI is InChI=1S/C11H18N2O/c1-3-13-8-10(7-12-13)11(14)6-4-5-9(11)2/h7-9,14H,3-6H2,1-2H3. The molecule has 1 saturated carbocycles. The molecule has 2 unspecified atom stereocenters. The van der Waals surface area contributed by atoms with Gasteiger partial charge < -0.3 is 5.11 Å². The first-order chi connectivity index (χ1) is 6.66. The molecule has 1 aliphatic carbocycles. The highest BCUT2D eigenvalue weighted by Gasteiger charge is 2.40. The number of rotatable bonds is 2. The summed E-state index contributed by atoms with van der Waals surface area (Å²) < 4.78 is 1.87. The number of hydrogen-bond donors (Lipinski definition) is 1. The summed E-state index contributed by atoms with van der Waals surface area (Å²) in [5, 5.41) is 14.7. The zero-order chi connectivity index (χ0) is 10.2. The highest BCUT2D eigenvalue weighted by Crippen LogP contribution is 2.42. The molecule has 3 heteroatoms. The van der Waals surface area contributed by atoms with Crippen molar-refractivity contribution in [2.24, 2.45) is 5.92 Å². The van der Waals surface area contributed by atoms with Crippen LogP contribution in [0.4, 0.5) is 0 Å². The van der Waals surface area contributed by atoms with Crippen LogP contribution in [0, 0.1) is 5.92 Å². The molecule has 1 aromatic heterocycles. The van der Waals surface area contributed by atoms with Gasteiger partial charge in [0.25, 0.3) is 0 Å². The van der Waals surface area contributed by atoms with Gasteiger partial charge in [0.2, 0.25) is 0 Å². The molecule has 0 aliphatic heterocycles. The van der Waals surface area contributed by atoms with Gasteiger partial charge in [0.15, 0.2) is 0 Å². The molecule has 0 amide bonds. The lowest BCUT2D eigenvalue weighted by molar-refractivity contribution is 0.00441. The first-order valence-corrected chi connectivity index (χ1v) is 5.42. The Morgan fingerprint density at radius 3 is 3.00 bits per heavy atom. The summed E-state index contributed by atoms with van der Waals surface area (Å²) in [7, 11) is 0. The summed E-state index contributed by atoms with van der Waals surface area (Å²) in [6.07, 6.45) is 6.90. The van der Waals surface area contributed by atoms with E-state index >= 15 is 0 Å². The summed E-state index contributed by atoms with van der Waals surface area (Å²) in [6.45, 7) is 5.04. The minimum atomic E-state index is -0.618. The normalized spacial score (nSPS) is 32.4. The molecule has 2 atom stereocenters. The monoisotopic (exact) mass is 194 g/mol. The lowest BCUT2D eigenvalue weighted by atomic mass is 9.87. The van der Waals surface area contributed by atoms with Crippen molar-refractivity contribution in [1.82, 2.24) is 9.78 Å². The van der Waals surface area contributed by atoms with Crippen molar-refractivity contribution >= 4 is 0 Å². The Balaban J connectivity index is 2.28. The van der Waals surface area contributed by atoms with E-state index in [0.29, 0.717) is 5.92 Å². The molecule has 1 heterocycles. The van der Waals surface area contributed by atoms with Crippen LogP contribution >= 0.6 is 0 Å². The van der Waals surface area contributed by atoms with Gasteiger partial charge in [-0.3, -0.25) is 4.68 Å². The van der Waals surface area contributed by atoms with Gasteiger partial charge in [-0.15, -0.1) is 0 Å². The van der Waals surface area contributed by atoms with E-state index in [1.807, 2.05) is 17.1 Å². The van der Waals surface area contributed by atoms with Crippen molar-refractivity contribution in [3.63, 3.8) is 0 Å². The van der Waals surface area contributed by atoms with E-state index in [2.05, 4.69) is 18.9 Å². The Hall–Kier alpha value is -0.830. The van der Waals surface area contributed by atoms with E-state index in [1.165, 1.54) is 0 Å². The summed E-state index contributed by atoms with van der Waals surface area (Å²) >= 11 is 0. The maximum absolute atomic E-state index is 10.5. The topological polar surface area (TPSA) is 38.0 Å². The van der Waals surface area contributed by atoms with Crippen molar-refractivity contribution in [3.05, 3.63) is 18.0 Å². The lowest BCUT2D eigenvalue weighted by Gasteiger charge is -2.26. The van der Waals surface area contributed by atoms with Crippen LogP contribution in [0.25, 0.3) is 0 Å². The molecule has 1 aromatic rings. The van der Waals surface area contributed by atoms with E-state index in [4.69, 9.17) is 0 Å². The van der Waals surface area contributed by atoms with Crippen LogP contribution in [0.2, 0.25) is 0 Å². The molecule has 0 radical (unpaired) electrons. The second-order valence-corrected chi connectivity index (χ2v) is 4.30. The van der Waals surface area contributed by atoms with Crippen molar-refractivity contribution in [3.8, 4) is 0 Å². The largest absolute Gasteiger partial charge is 0.385 e. The third-order valence-electron chi connectivity index (χ3n) is 3.47. The van der Waals surface area contributed by atoms with E-state index in [-0.39, 0.29) is 0 Å². The van der Waals surface area contributed by atoms with Crippen LogP contribution in [-0.4, -0.2) is 14.9 Å². The number of aryl methyl sites for hydroxylation is 1. The zero-order valence-electron chi connectivity index (χ0n) is 8.90. The number of aliphatic hydroxyl groups is 1. The Kier molecular flexibility index (Phi) is 2.35. The maximum atomic E-state index is 10.5. The molecule has 14 heavy (non-hydrogen) atoms. The Bertz CT molecular complexity index is 321. The second-order valence-electron chi connectivity index (χ2n) is 4.30. The summed E-state index contributed by atoms with van der Waals surface area (Å²) in [6, 6.07) is 0. The molecule has 1 aliphatic rings. The number of hydrogen-bond acceptors (Lipinski definition) is 2. The van der Waals surface area contributed by atoms with Gasteiger partial charge in [-0.05, 0) is 32.1 Å². The summed E-state index contributed by atoms with van der Waals surface area (Å²) in [5.41, 5.74) is 0.373. The third-order valence-corrected chi connectivity index (χ3v) is 3.47. The first kappa shape index (κ1) is 9.71. The molecule has 2 rings (SSSR count). The molecule has 0 saturated heterocycles. The van der Waals surface area contributed by atoms with Crippen molar-refractivity contribution < 1.29 is 5.11 Å². The summed E-state index contributed by atoms with van der Waals surface area (Å²) in [5.74, 6) is 0.358. The molecule has 1 N–H and O–H groups in total. The van der Waals surface area contributed by atoms with Gasteiger partial charge in [0, 0.05) is 18.3 Å². The number of nitrogens with zero attached hydrogens (tertiary/aromatic N) is 2. The summed E-state index contributed by atoms with van der Waals surface area (Å²) in [4.78, 5) is 0. The van der Waals surface area contributed by atoms with Crippen LogP contribution < -0.4 is 0 Å². The average molecular weight is 194 g/mol. The second kappa shape index (κ2) is 3.39. The molecular formula is C11H18N2O. The smallest absolute Gasteiger partial charge is 0.0952 e. The minimum absolute atomic E-state index is 0.358. The predicted molar refractivity (Wildman–Crippen MR) is 54.8 cm³/mol. The average Bonchev–Trinajstić information content (AvgIpc) is 2.75. The third kappa shape index (κ3) is 1.36. The van der Waals surface area contributed by atoms with Crippen LogP contribution in [0.1, 0.15) is 38.7 Å². The molecule has 78 valence electrons. The van der Waals surface area contributed by atoms with Crippen molar-refractivity contribution in [1.29, 1.82) is 0 Å². The molecule has 0 bridgehead atoms. The fourth-order valence-electron chi connectivity index (χ4n) is 2.35. The van der Waals surface area contributed by atoms with Gasteiger partial charge in [0.1, 0.15) is 0 Å². The lowest BCUT2D eigenvalue weighted by Crippen LogP contribution is -2.27. The molecule has 1 fully saturated rings. The van der Waals surface area contributed by atoms with E-state index in [0.717, 1.165) is 31.4 Å². The van der Waals surface area contributed by atoms with Crippen LogP contribution in [0.3, 0.4) is 0 Å². The van der Waals surface area contributed by atoms with Gasteiger partial charge >= 0.3 is 0 Å². The van der Waals surface area contributed by atoms with Crippen LogP contribution in [0.15, 0.2) is 12.4 Å².